The van der Waals surface area contributed by atoms with Crippen LogP contribution in [0.3, 0.4) is 0 Å². The first-order chi connectivity index (χ1) is 13.1. The molecule has 0 fully saturated rings. The fraction of sp³-hybridized carbons (Fsp3) is 0.150. The number of aromatic nitrogens is 1. The van der Waals surface area contributed by atoms with Gasteiger partial charge in [-0.3, -0.25) is 4.98 Å². The number of rotatable bonds is 3. The number of hydrogen-bond acceptors (Lipinski definition) is 2. The van der Waals surface area contributed by atoms with E-state index in [1.54, 1.807) is 0 Å². The first kappa shape index (κ1) is 19.9. The zero-order valence-electron chi connectivity index (χ0n) is 14.1. The Morgan fingerprint density at radius 3 is 1.79 bits per heavy atom. The lowest BCUT2D eigenvalue weighted by Gasteiger charge is -2.16. The summed E-state index contributed by atoms with van der Waals surface area (Å²) in [5.74, 6) is 0. The molecule has 0 amide bonds. The summed E-state index contributed by atoms with van der Waals surface area (Å²) in [5, 5.41) is 9.63. The number of halogens is 6. The summed E-state index contributed by atoms with van der Waals surface area (Å²) in [5.41, 5.74) is -2.37. The number of aliphatic hydroxyl groups is 1. The number of benzene rings is 2. The van der Waals surface area contributed by atoms with Crippen molar-refractivity contribution in [3.63, 3.8) is 0 Å². The van der Waals surface area contributed by atoms with E-state index in [-0.39, 0.29) is 27.9 Å². The highest BCUT2D eigenvalue weighted by atomic mass is 19.4. The highest BCUT2D eigenvalue weighted by molar-refractivity contribution is 5.74. The molecule has 0 aliphatic carbocycles. The minimum atomic E-state index is -4.65. The quantitative estimate of drug-likeness (QED) is 0.555. The van der Waals surface area contributed by atoms with Gasteiger partial charge in [0.05, 0.1) is 23.4 Å². The summed E-state index contributed by atoms with van der Waals surface area (Å²) < 4.78 is 79.6. The normalized spacial score (nSPS) is 12.2. The molecule has 0 radical (unpaired) electrons. The number of alkyl halides is 6. The fourth-order valence-corrected chi connectivity index (χ4v) is 2.94. The summed E-state index contributed by atoms with van der Waals surface area (Å²) in [6.45, 7) is -0.684. The number of pyridine rings is 1. The third-order valence-electron chi connectivity index (χ3n) is 4.17. The van der Waals surface area contributed by atoms with E-state index in [9.17, 15) is 31.4 Å². The molecule has 0 aliphatic rings. The van der Waals surface area contributed by atoms with Crippen LogP contribution in [-0.2, 0) is 19.0 Å². The largest absolute Gasteiger partial charge is 0.417 e. The van der Waals surface area contributed by atoms with E-state index in [0.717, 1.165) is 18.3 Å². The molecule has 3 aromatic rings. The Balaban J connectivity index is 2.18. The van der Waals surface area contributed by atoms with Gasteiger partial charge in [0.1, 0.15) is 0 Å². The van der Waals surface area contributed by atoms with Gasteiger partial charge in [-0.1, -0.05) is 36.4 Å². The van der Waals surface area contributed by atoms with Crippen LogP contribution in [0.15, 0.2) is 60.8 Å². The van der Waals surface area contributed by atoms with Crippen molar-refractivity contribution in [1.29, 1.82) is 0 Å². The van der Waals surface area contributed by atoms with Crippen molar-refractivity contribution in [2.24, 2.45) is 0 Å². The summed E-state index contributed by atoms with van der Waals surface area (Å²) in [6, 6.07) is 10.7. The first-order valence-corrected chi connectivity index (χ1v) is 8.06. The van der Waals surface area contributed by atoms with Crippen molar-refractivity contribution in [2.75, 3.05) is 0 Å². The molecule has 0 saturated carbocycles. The van der Waals surface area contributed by atoms with E-state index in [1.165, 1.54) is 42.5 Å². The van der Waals surface area contributed by atoms with E-state index in [2.05, 4.69) is 4.98 Å². The molecule has 0 bridgehead atoms. The average molecular weight is 397 g/mol. The van der Waals surface area contributed by atoms with Gasteiger partial charge in [-0.05, 0) is 23.8 Å². The lowest BCUT2D eigenvalue weighted by atomic mass is 9.95. The summed E-state index contributed by atoms with van der Waals surface area (Å²) >= 11 is 0. The van der Waals surface area contributed by atoms with E-state index < -0.39 is 30.1 Å². The van der Waals surface area contributed by atoms with Crippen LogP contribution in [0.2, 0.25) is 0 Å². The van der Waals surface area contributed by atoms with E-state index in [1.807, 2.05) is 0 Å². The standard InChI is InChI=1S/C20H13F6NO/c21-19(22,23)16-7-3-1-5-14(16)12-9-13(11-28)18(27-10-12)15-6-2-4-8-17(15)20(24,25)26/h1-10,28H,11H2. The first-order valence-electron chi connectivity index (χ1n) is 8.06. The van der Waals surface area contributed by atoms with Crippen molar-refractivity contribution in [2.45, 2.75) is 19.0 Å². The van der Waals surface area contributed by atoms with Gasteiger partial charge in [-0.25, -0.2) is 0 Å². The molecule has 2 nitrogen and oxygen atoms in total. The van der Waals surface area contributed by atoms with Crippen LogP contribution in [0.4, 0.5) is 26.3 Å². The lowest BCUT2D eigenvalue weighted by molar-refractivity contribution is -0.137. The Morgan fingerprint density at radius 2 is 1.25 bits per heavy atom. The predicted molar refractivity (Wildman–Crippen MR) is 91.0 cm³/mol. The molecular formula is C20H13F6NO. The zero-order chi connectivity index (χ0) is 20.5. The molecule has 1 aromatic heterocycles. The molecule has 0 saturated heterocycles. The Labute approximate surface area is 156 Å². The van der Waals surface area contributed by atoms with E-state index >= 15 is 0 Å². The highest BCUT2D eigenvalue weighted by Crippen LogP contribution is 2.40. The summed E-state index contributed by atoms with van der Waals surface area (Å²) in [4.78, 5) is 3.97. The second-order valence-electron chi connectivity index (χ2n) is 5.98. The van der Waals surface area contributed by atoms with Gasteiger partial charge in [-0.15, -0.1) is 0 Å². The van der Waals surface area contributed by atoms with Crippen LogP contribution in [0, 0.1) is 0 Å². The Hall–Kier alpha value is -2.87. The van der Waals surface area contributed by atoms with Gasteiger partial charge in [0.25, 0.3) is 0 Å². The zero-order valence-corrected chi connectivity index (χ0v) is 14.1. The van der Waals surface area contributed by atoms with Crippen molar-refractivity contribution in [3.8, 4) is 22.4 Å². The van der Waals surface area contributed by atoms with E-state index in [0.29, 0.717) is 0 Å². The molecule has 0 unspecified atom stereocenters. The number of aliphatic hydroxyl groups excluding tert-OH is 1. The number of hydrogen-bond donors (Lipinski definition) is 1. The lowest BCUT2D eigenvalue weighted by Crippen LogP contribution is -2.09. The molecule has 146 valence electrons. The Kier molecular flexibility index (Phi) is 5.16. The maximum absolute atomic E-state index is 13.3. The number of nitrogens with zero attached hydrogens (tertiary/aromatic N) is 1. The smallest absolute Gasteiger partial charge is 0.392 e. The average Bonchev–Trinajstić information content (AvgIpc) is 2.66. The topological polar surface area (TPSA) is 33.1 Å². The minimum absolute atomic E-state index is 0.00817. The molecule has 8 heteroatoms. The predicted octanol–water partition coefficient (Wildman–Crippen LogP) is 5.95. The van der Waals surface area contributed by atoms with Crippen LogP contribution < -0.4 is 0 Å². The maximum Gasteiger partial charge on any atom is 0.417 e. The van der Waals surface area contributed by atoms with Crippen LogP contribution in [0.1, 0.15) is 16.7 Å². The summed E-state index contributed by atoms with van der Waals surface area (Å²) in [6.07, 6.45) is -8.18. The van der Waals surface area contributed by atoms with Gasteiger partial charge in [0, 0.05) is 22.9 Å². The maximum atomic E-state index is 13.3. The highest BCUT2D eigenvalue weighted by Gasteiger charge is 2.35. The Morgan fingerprint density at radius 1 is 0.750 bits per heavy atom. The van der Waals surface area contributed by atoms with Crippen molar-refractivity contribution in [1.82, 2.24) is 4.98 Å². The molecule has 2 aromatic carbocycles. The molecule has 0 atom stereocenters. The fourth-order valence-electron chi connectivity index (χ4n) is 2.94. The van der Waals surface area contributed by atoms with Crippen molar-refractivity contribution >= 4 is 0 Å². The molecule has 3 rings (SSSR count). The third kappa shape index (κ3) is 3.87. The molecule has 0 spiro atoms. The van der Waals surface area contributed by atoms with Gasteiger partial charge < -0.3 is 5.11 Å². The second kappa shape index (κ2) is 7.27. The molecule has 0 aliphatic heterocycles. The van der Waals surface area contributed by atoms with Crippen molar-refractivity contribution in [3.05, 3.63) is 77.5 Å². The Bertz CT molecular complexity index is 994. The van der Waals surface area contributed by atoms with Crippen LogP contribution >= 0.6 is 0 Å². The SMILES string of the molecule is OCc1cc(-c2ccccc2C(F)(F)F)cnc1-c1ccccc1C(F)(F)F. The van der Waals surface area contributed by atoms with Gasteiger partial charge >= 0.3 is 12.4 Å². The molecule has 1 N–H and O–H groups in total. The van der Waals surface area contributed by atoms with Crippen LogP contribution in [0.25, 0.3) is 22.4 Å². The molecular weight excluding hydrogens is 384 g/mol. The molecule has 1 heterocycles. The van der Waals surface area contributed by atoms with Crippen LogP contribution in [-0.4, -0.2) is 10.1 Å². The van der Waals surface area contributed by atoms with Crippen molar-refractivity contribution < 1.29 is 31.4 Å². The minimum Gasteiger partial charge on any atom is -0.392 e. The van der Waals surface area contributed by atoms with Gasteiger partial charge in [0.2, 0.25) is 0 Å². The van der Waals surface area contributed by atoms with Crippen LogP contribution in [0.5, 0.6) is 0 Å². The monoisotopic (exact) mass is 397 g/mol. The van der Waals surface area contributed by atoms with Gasteiger partial charge in [0.15, 0.2) is 0 Å². The third-order valence-corrected chi connectivity index (χ3v) is 4.17. The molecule has 28 heavy (non-hydrogen) atoms. The second-order valence-corrected chi connectivity index (χ2v) is 5.98. The summed E-state index contributed by atoms with van der Waals surface area (Å²) in [7, 11) is 0. The van der Waals surface area contributed by atoms with E-state index in [4.69, 9.17) is 0 Å². The van der Waals surface area contributed by atoms with Gasteiger partial charge in [-0.2, -0.15) is 26.3 Å².